The molecule has 4 aromatic heterocycles. The van der Waals surface area contributed by atoms with Crippen molar-refractivity contribution in [3.05, 3.63) is 67.4 Å². The van der Waals surface area contributed by atoms with E-state index >= 15 is 0 Å². The first-order valence-electron chi connectivity index (χ1n) is 8.10. The van der Waals surface area contributed by atoms with Crippen molar-refractivity contribution in [3.8, 4) is 22.3 Å². The summed E-state index contributed by atoms with van der Waals surface area (Å²) in [5.74, 6) is 0. The largest absolute Gasteiger partial charge is 0.345 e. The summed E-state index contributed by atoms with van der Waals surface area (Å²) in [6.07, 6.45) is 9.58. The summed E-state index contributed by atoms with van der Waals surface area (Å²) < 4.78 is 1.82. The van der Waals surface area contributed by atoms with Crippen molar-refractivity contribution in [1.29, 1.82) is 0 Å². The molecule has 0 unspecified atom stereocenters. The minimum absolute atomic E-state index is 0.877. The van der Waals surface area contributed by atoms with Crippen LogP contribution in [0.3, 0.4) is 0 Å². The fourth-order valence-electron chi connectivity index (χ4n) is 3.33. The van der Waals surface area contributed by atoms with Gasteiger partial charge in [-0.25, -0.2) is 4.98 Å². The zero-order valence-corrected chi connectivity index (χ0v) is 13.6. The van der Waals surface area contributed by atoms with E-state index in [1.165, 1.54) is 0 Å². The van der Waals surface area contributed by atoms with Crippen LogP contribution in [0.5, 0.6) is 0 Å². The quantitative estimate of drug-likeness (QED) is 0.530. The van der Waals surface area contributed by atoms with Crippen LogP contribution in [0.4, 0.5) is 0 Å². The van der Waals surface area contributed by atoms with E-state index in [0.29, 0.717) is 0 Å². The van der Waals surface area contributed by atoms with Crippen molar-refractivity contribution >= 4 is 21.9 Å². The van der Waals surface area contributed by atoms with Crippen molar-refractivity contribution in [2.45, 2.75) is 0 Å². The summed E-state index contributed by atoms with van der Waals surface area (Å²) in [7, 11) is 1.93. The van der Waals surface area contributed by atoms with Crippen molar-refractivity contribution in [2.75, 3.05) is 0 Å². The third-order valence-electron chi connectivity index (χ3n) is 4.50. The highest BCUT2D eigenvalue weighted by molar-refractivity contribution is 6.04. The number of aryl methyl sites for hydroxylation is 1. The number of rotatable bonds is 2. The Kier molecular flexibility index (Phi) is 2.94. The van der Waals surface area contributed by atoms with Crippen LogP contribution >= 0.6 is 0 Å². The lowest BCUT2D eigenvalue weighted by Gasteiger charge is -2.06. The van der Waals surface area contributed by atoms with Gasteiger partial charge in [-0.15, -0.1) is 0 Å². The van der Waals surface area contributed by atoms with Gasteiger partial charge in [0.1, 0.15) is 5.65 Å². The second-order valence-corrected chi connectivity index (χ2v) is 6.10. The summed E-state index contributed by atoms with van der Waals surface area (Å²) in [5, 5.41) is 6.54. The third-order valence-corrected chi connectivity index (χ3v) is 4.50. The van der Waals surface area contributed by atoms with Crippen molar-refractivity contribution in [2.24, 2.45) is 7.05 Å². The molecular weight excluding hydrogens is 310 g/mol. The second-order valence-electron chi connectivity index (χ2n) is 6.10. The molecule has 0 saturated carbocycles. The van der Waals surface area contributed by atoms with E-state index in [2.05, 4.69) is 44.3 Å². The molecule has 0 bridgehead atoms. The minimum atomic E-state index is 0.877. The number of nitrogens with one attached hydrogen (secondary N) is 1. The number of hydrogen-bond donors (Lipinski definition) is 1. The van der Waals surface area contributed by atoms with Gasteiger partial charge < -0.3 is 4.98 Å². The van der Waals surface area contributed by atoms with Gasteiger partial charge in [0.05, 0.1) is 11.7 Å². The van der Waals surface area contributed by atoms with Crippen LogP contribution in [0.1, 0.15) is 0 Å². The molecule has 5 heteroatoms. The van der Waals surface area contributed by atoms with Crippen LogP contribution < -0.4 is 0 Å². The first-order valence-corrected chi connectivity index (χ1v) is 8.10. The number of hydrogen-bond acceptors (Lipinski definition) is 3. The first-order chi connectivity index (χ1) is 12.3. The van der Waals surface area contributed by atoms with Crippen LogP contribution in [0.25, 0.3) is 44.2 Å². The predicted octanol–water partition coefficient (Wildman–Crippen LogP) is 4.18. The topological polar surface area (TPSA) is 59.4 Å². The van der Waals surface area contributed by atoms with Gasteiger partial charge in [-0.05, 0) is 35.4 Å². The summed E-state index contributed by atoms with van der Waals surface area (Å²) in [6, 6.07) is 12.4. The summed E-state index contributed by atoms with van der Waals surface area (Å²) in [6.45, 7) is 0. The Bertz CT molecular complexity index is 1220. The molecular formula is C20H15N5. The van der Waals surface area contributed by atoms with Gasteiger partial charge in [0, 0.05) is 53.7 Å². The summed E-state index contributed by atoms with van der Waals surface area (Å²) in [5.41, 5.74) is 6.36. The molecule has 0 fully saturated rings. The zero-order chi connectivity index (χ0) is 16.8. The number of nitrogens with zero attached hydrogens (tertiary/aromatic N) is 4. The molecule has 0 aliphatic heterocycles. The molecule has 0 radical (unpaired) electrons. The molecule has 4 heterocycles. The Morgan fingerprint density at radius 1 is 0.960 bits per heavy atom. The predicted molar refractivity (Wildman–Crippen MR) is 99.0 cm³/mol. The van der Waals surface area contributed by atoms with E-state index < -0.39 is 0 Å². The lowest BCUT2D eigenvalue weighted by Crippen LogP contribution is -1.85. The highest BCUT2D eigenvalue weighted by Crippen LogP contribution is 2.36. The molecule has 0 amide bonds. The van der Waals surface area contributed by atoms with E-state index in [-0.39, 0.29) is 0 Å². The Morgan fingerprint density at radius 2 is 1.92 bits per heavy atom. The number of aromatic amines is 1. The summed E-state index contributed by atoms with van der Waals surface area (Å²) in [4.78, 5) is 12.2. The van der Waals surface area contributed by atoms with Gasteiger partial charge in [-0.3, -0.25) is 9.67 Å². The lowest BCUT2D eigenvalue weighted by molar-refractivity contribution is 0.768. The van der Waals surface area contributed by atoms with Crippen LogP contribution in [-0.4, -0.2) is 24.7 Å². The maximum atomic E-state index is 4.49. The number of benzene rings is 1. The molecule has 0 atom stereocenters. The zero-order valence-electron chi connectivity index (χ0n) is 13.6. The molecule has 1 N–H and O–H groups in total. The van der Waals surface area contributed by atoms with Crippen LogP contribution in [0.2, 0.25) is 0 Å². The minimum Gasteiger partial charge on any atom is -0.345 e. The molecule has 0 aliphatic carbocycles. The Labute approximate surface area is 144 Å². The van der Waals surface area contributed by atoms with Gasteiger partial charge in [-0.2, -0.15) is 5.10 Å². The highest BCUT2D eigenvalue weighted by Gasteiger charge is 2.14. The van der Waals surface area contributed by atoms with E-state index in [0.717, 1.165) is 44.2 Å². The van der Waals surface area contributed by atoms with E-state index in [4.69, 9.17) is 0 Å². The Hall–Kier alpha value is -3.47. The van der Waals surface area contributed by atoms with Gasteiger partial charge in [-0.1, -0.05) is 12.1 Å². The number of pyridine rings is 2. The van der Waals surface area contributed by atoms with Gasteiger partial charge >= 0.3 is 0 Å². The smallest absolute Gasteiger partial charge is 0.138 e. The highest BCUT2D eigenvalue weighted by atomic mass is 15.2. The van der Waals surface area contributed by atoms with Crippen molar-refractivity contribution in [3.63, 3.8) is 0 Å². The molecule has 5 rings (SSSR count). The SMILES string of the molecule is Cn1cc(-c2ccnc3[nH]cc(-c4ccc5ncccc5c4)c23)cn1. The average Bonchev–Trinajstić information content (AvgIpc) is 3.27. The van der Waals surface area contributed by atoms with Crippen molar-refractivity contribution in [1.82, 2.24) is 24.7 Å². The number of aromatic nitrogens is 5. The first kappa shape index (κ1) is 13.9. The maximum Gasteiger partial charge on any atom is 0.138 e. The maximum absolute atomic E-state index is 4.49. The molecule has 0 spiro atoms. The standard InChI is InChI=1S/C20H15N5/c1-25-12-15(10-24-25)16-6-8-22-20-19(16)17(11-23-20)13-4-5-18-14(9-13)3-2-7-21-18/h2-12H,1H3,(H,22,23). The number of fused-ring (bicyclic) bond motifs is 2. The molecule has 120 valence electrons. The van der Waals surface area contributed by atoms with Crippen molar-refractivity contribution < 1.29 is 0 Å². The third kappa shape index (κ3) is 2.21. The molecule has 5 nitrogen and oxygen atoms in total. The molecule has 5 aromatic rings. The second kappa shape index (κ2) is 5.27. The monoisotopic (exact) mass is 325 g/mol. The molecule has 0 saturated heterocycles. The normalized spacial score (nSPS) is 11.4. The lowest BCUT2D eigenvalue weighted by atomic mass is 9.98. The van der Waals surface area contributed by atoms with Crippen LogP contribution in [-0.2, 0) is 7.05 Å². The Morgan fingerprint density at radius 3 is 2.80 bits per heavy atom. The average molecular weight is 325 g/mol. The van der Waals surface area contributed by atoms with Crippen LogP contribution in [0, 0.1) is 0 Å². The van der Waals surface area contributed by atoms with E-state index in [1.807, 2.05) is 54.8 Å². The van der Waals surface area contributed by atoms with Gasteiger partial charge in [0.25, 0.3) is 0 Å². The molecule has 1 aromatic carbocycles. The van der Waals surface area contributed by atoms with Gasteiger partial charge in [0.2, 0.25) is 0 Å². The fourth-order valence-corrected chi connectivity index (χ4v) is 3.33. The fraction of sp³-hybridized carbons (Fsp3) is 0.0500. The molecule has 25 heavy (non-hydrogen) atoms. The van der Waals surface area contributed by atoms with E-state index in [1.54, 1.807) is 0 Å². The Balaban J connectivity index is 1.78. The number of H-pyrrole nitrogens is 1. The summed E-state index contributed by atoms with van der Waals surface area (Å²) >= 11 is 0. The van der Waals surface area contributed by atoms with E-state index in [9.17, 15) is 0 Å². The van der Waals surface area contributed by atoms with Crippen LogP contribution in [0.15, 0.2) is 67.4 Å². The molecule has 0 aliphatic rings. The van der Waals surface area contributed by atoms with Gasteiger partial charge in [0.15, 0.2) is 0 Å².